The van der Waals surface area contributed by atoms with Crippen LogP contribution < -0.4 is 0 Å². The van der Waals surface area contributed by atoms with E-state index >= 15 is 0 Å². The highest BCUT2D eigenvalue weighted by Crippen LogP contribution is 2.38. The van der Waals surface area contributed by atoms with Crippen LogP contribution in [0.1, 0.15) is 36.2 Å². The van der Waals surface area contributed by atoms with Crippen LogP contribution in [0.5, 0.6) is 0 Å². The van der Waals surface area contributed by atoms with Crippen LogP contribution in [0, 0.1) is 5.82 Å². The van der Waals surface area contributed by atoms with Gasteiger partial charge < -0.3 is 10.2 Å². The van der Waals surface area contributed by atoms with Crippen molar-refractivity contribution in [2.75, 3.05) is 0 Å². The van der Waals surface area contributed by atoms with Crippen molar-refractivity contribution >= 4 is 15.9 Å². The van der Waals surface area contributed by atoms with Crippen LogP contribution in [0.2, 0.25) is 0 Å². The maximum atomic E-state index is 13.5. The number of aliphatic hydroxyl groups excluding tert-OH is 2. The Morgan fingerprint density at radius 3 is 2.57 bits per heavy atom. The number of rotatable bonds is 0. The Hall–Kier alpha value is -0.450. The van der Waals surface area contributed by atoms with Crippen molar-refractivity contribution in [2.45, 2.75) is 25.0 Å². The molecule has 2 unspecified atom stereocenters. The minimum absolute atomic E-state index is 0.243. The lowest BCUT2D eigenvalue weighted by molar-refractivity contribution is 0.0877. The molecule has 0 heterocycles. The summed E-state index contributed by atoms with van der Waals surface area (Å²) in [6.45, 7) is 0. The zero-order chi connectivity index (χ0) is 10.3. The van der Waals surface area contributed by atoms with Crippen molar-refractivity contribution in [2.24, 2.45) is 0 Å². The van der Waals surface area contributed by atoms with Gasteiger partial charge in [0, 0.05) is 10.0 Å². The number of benzene rings is 1. The molecule has 14 heavy (non-hydrogen) atoms. The first-order chi connectivity index (χ1) is 6.59. The van der Waals surface area contributed by atoms with Gasteiger partial charge in [0.15, 0.2) is 0 Å². The predicted molar refractivity (Wildman–Crippen MR) is 53.3 cm³/mol. The quantitative estimate of drug-likeness (QED) is 0.753. The van der Waals surface area contributed by atoms with Gasteiger partial charge in [0.2, 0.25) is 0 Å². The summed E-state index contributed by atoms with van der Waals surface area (Å²) < 4.78 is 14.0. The van der Waals surface area contributed by atoms with Crippen LogP contribution in [0.4, 0.5) is 4.39 Å². The Morgan fingerprint density at radius 2 is 1.86 bits per heavy atom. The predicted octanol–water partition coefficient (Wildman–Crippen LogP) is 2.45. The topological polar surface area (TPSA) is 40.5 Å². The molecule has 1 aliphatic rings. The van der Waals surface area contributed by atoms with E-state index < -0.39 is 18.0 Å². The number of hydrogen-bond acceptors (Lipinski definition) is 2. The second-order valence-electron chi connectivity index (χ2n) is 3.50. The summed E-state index contributed by atoms with van der Waals surface area (Å²) in [6.07, 6.45) is -0.571. The molecule has 2 rings (SSSR count). The first-order valence-corrected chi connectivity index (χ1v) is 5.24. The van der Waals surface area contributed by atoms with Crippen LogP contribution in [0.3, 0.4) is 0 Å². The molecule has 1 aromatic carbocycles. The van der Waals surface area contributed by atoms with Gasteiger partial charge in [0.05, 0.1) is 12.2 Å². The summed E-state index contributed by atoms with van der Waals surface area (Å²) in [5.41, 5.74) is 0.738. The van der Waals surface area contributed by atoms with Gasteiger partial charge in [-0.2, -0.15) is 0 Å². The number of aliphatic hydroxyl groups is 2. The summed E-state index contributed by atoms with van der Waals surface area (Å²) in [4.78, 5) is 0. The van der Waals surface area contributed by atoms with E-state index in [1.807, 2.05) is 0 Å². The van der Waals surface area contributed by atoms with Crippen molar-refractivity contribution in [3.05, 3.63) is 33.5 Å². The molecule has 2 nitrogen and oxygen atoms in total. The largest absolute Gasteiger partial charge is 0.388 e. The summed E-state index contributed by atoms with van der Waals surface area (Å²) in [5, 5.41) is 19.2. The molecular weight excluding hydrogens is 251 g/mol. The Balaban J connectivity index is 2.60. The smallest absolute Gasteiger partial charge is 0.130 e. The molecular formula is C10H10BrFO2. The normalized spacial score (nSPS) is 26.0. The van der Waals surface area contributed by atoms with Gasteiger partial charge in [0.25, 0.3) is 0 Å². The van der Waals surface area contributed by atoms with E-state index in [0.717, 1.165) is 0 Å². The van der Waals surface area contributed by atoms with Crippen LogP contribution in [0.25, 0.3) is 0 Å². The average molecular weight is 261 g/mol. The second-order valence-corrected chi connectivity index (χ2v) is 4.42. The standard InChI is InChI=1S/C10H10BrFO2/c11-5-3-6-8(13)1-2-9(14)10(6)7(12)4-5/h3-4,8-9,13-14H,1-2H2. The van der Waals surface area contributed by atoms with Crippen molar-refractivity contribution < 1.29 is 14.6 Å². The highest BCUT2D eigenvalue weighted by molar-refractivity contribution is 9.10. The van der Waals surface area contributed by atoms with E-state index in [2.05, 4.69) is 15.9 Å². The highest BCUT2D eigenvalue weighted by atomic mass is 79.9. The highest BCUT2D eigenvalue weighted by Gasteiger charge is 2.27. The first-order valence-electron chi connectivity index (χ1n) is 4.44. The zero-order valence-electron chi connectivity index (χ0n) is 7.37. The van der Waals surface area contributed by atoms with Crippen molar-refractivity contribution in [1.29, 1.82) is 0 Å². The SMILES string of the molecule is OC1CCC(O)c2c(F)cc(Br)cc21. The van der Waals surface area contributed by atoms with E-state index in [4.69, 9.17) is 0 Å². The molecule has 0 spiro atoms. The molecule has 0 aromatic heterocycles. The Kier molecular flexibility index (Phi) is 2.60. The van der Waals surface area contributed by atoms with E-state index in [1.165, 1.54) is 6.07 Å². The van der Waals surface area contributed by atoms with Gasteiger partial charge >= 0.3 is 0 Å². The fourth-order valence-corrected chi connectivity index (χ4v) is 2.30. The Bertz CT molecular complexity index is 367. The van der Waals surface area contributed by atoms with E-state index in [0.29, 0.717) is 22.9 Å². The van der Waals surface area contributed by atoms with Gasteiger partial charge in [-0.3, -0.25) is 0 Å². The third-order valence-corrected chi connectivity index (χ3v) is 2.99. The fourth-order valence-electron chi connectivity index (χ4n) is 1.85. The molecule has 0 saturated carbocycles. The minimum atomic E-state index is -0.790. The van der Waals surface area contributed by atoms with Gasteiger partial charge in [-0.15, -0.1) is 0 Å². The van der Waals surface area contributed by atoms with Crippen molar-refractivity contribution in [3.8, 4) is 0 Å². The van der Waals surface area contributed by atoms with E-state index in [9.17, 15) is 14.6 Å². The second kappa shape index (κ2) is 3.61. The van der Waals surface area contributed by atoms with Gasteiger partial charge in [-0.05, 0) is 30.5 Å². The molecule has 1 aliphatic carbocycles. The van der Waals surface area contributed by atoms with E-state index in [1.54, 1.807) is 6.07 Å². The number of fused-ring (bicyclic) bond motifs is 1. The molecule has 0 aliphatic heterocycles. The average Bonchev–Trinajstić information content (AvgIpc) is 2.10. The van der Waals surface area contributed by atoms with Gasteiger partial charge in [-0.1, -0.05) is 15.9 Å². The van der Waals surface area contributed by atoms with Crippen LogP contribution >= 0.6 is 15.9 Å². The maximum absolute atomic E-state index is 13.5. The fraction of sp³-hybridized carbons (Fsp3) is 0.400. The Labute approximate surface area is 89.5 Å². The molecule has 0 amide bonds. The molecule has 1 aromatic rings. The monoisotopic (exact) mass is 260 g/mol. The van der Waals surface area contributed by atoms with Gasteiger partial charge in [0.1, 0.15) is 5.82 Å². The van der Waals surface area contributed by atoms with Crippen molar-refractivity contribution in [1.82, 2.24) is 0 Å². The first kappa shape index (κ1) is 10.1. The lowest BCUT2D eigenvalue weighted by Gasteiger charge is -2.26. The number of hydrogen-bond donors (Lipinski definition) is 2. The third-order valence-electron chi connectivity index (χ3n) is 2.53. The molecule has 0 bridgehead atoms. The molecule has 0 saturated heterocycles. The summed E-state index contributed by atoms with van der Waals surface area (Å²) in [7, 11) is 0. The molecule has 2 atom stereocenters. The molecule has 2 N–H and O–H groups in total. The van der Waals surface area contributed by atoms with Gasteiger partial charge in [-0.25, -0.2) is 4.39 Å². The lowest BCUT2D eigenvalue weighted by Crippen LogP contribution is -2.15. The number of halogens is 2. The molecule has 4 heteroatoms. The molecule has 0 fully saturated rings. The third kappa shape index (κ3) is 1.58. The molecule has 76 valence electrons. The Morgan fingerprint density at radius 1 is 1.21 bits per heavy atom. The molecule has 0 radical (unpaired) electrons. The zero-order valence-corrected chi connectivity index (χ0v) is 8.96. The summed E-state index contributed by atoms with van der Waals surface area (Å²) in [6, 6.07) is 2.96. The summed E-state index contributed by atoms with van der Waals surface area (Å²) >= 11 is 3.16. The lowest BCUT2D eigenvalue weighted by atomic mass is 9.87. The van der Waals surface area contributed by atoms with Crippen LogP contribution in [-0.2, 0) is 0 Å². The van der Waals surface area contributed by atoms with Crippen LogP contribution in [-0.4, -0.2) is 10.2 Å². The minimum Gasteiger partial charge on any atom is -0.388 e. The maximum Gasteiger partial charge on any atom is 0.130 e. The summed E-state index contributed by atoms with van der Waals surface area (Å²) in [5.74, 6) is -0.458. The van der Waals surface area contributed by atoms with Crippen LogP contribution in [0.15, 0.2) is 16.6 Å². The van der Waals surface area contributed by atoms with Crippen molar-refractivity contribution in [3.63, 3.8) is 0 Å². The van der Waals surface area contributed by atoms with E-state index in [-0.39, 0.29) is 5.56 Å².